The molecule has 2 aromatic rings. The Morgan fingerprint density at radius 2 is 2.27 bits per heavy atom. The van der Waals surface area contributed by atoms with E-state index in [2.05, 4.69) is 10.3 Å². The predicted octanol–water partition coefficient (Wildman–Crippen LogP) is 1.80. The molecule has 1 amide bonds. The topological polar surface area (TPSA) is 79.4 Å². The van der Waals surface area contributed by atoms with Crippen molar-refractivity contribution in [3.63, 3.8) is 0 Å². The van der Waals surface area contributed by atoms with Crippen molar-refractivity contribution in [3.05, 3.63) is 24.0 Å². The van der Waals surface area contributed by atoms with Gasteiger partial charge in [-0.25, -0.2) is 17.8 Å². The van der Waals surface area contributed by atoms with Gasteiger partial charge in [0.1, 0.15) is 11.9 Å². The quantitative estimate of drug-likeness (QED) is 0.922. The highest BCUT2D eigenvalue weighted by molar-refractivity contribution is 7.88. The van der Waals surface area contributed by atoms with E-state index in [1.807, 2.05) is 0 Å². The van der Waals surface area contributed by atoms with Gasteiger partial charge in [-0.3, -0.25) is 4.79 Å². The lowest BCUT2D eigenvalue weighted by Crippen LogP contribution is -2.42. The molecular weight excluding hydrogens is 329 g/mol. The molecule has 0 radical (unpaired) electrons. The Morgan fingerprint density at radius 3 is 3.00 bits per heavy atom. The van der Waals surface area contributed by atoms with Crippen LogP contribution in [0.1, 0.15) is 12.8 Å². The fourth-order valence-corrected chi connectivity index (χ4v) is 4.56. The summed E-state index contributed by atoms with van der Waals surface area (Å²) in [7, 11) is -3.41. The second kappa shape index (κ2) is 5.56. The summed E-state index contributed by atoms with van der Waals surface area (Å²) in [5, 5.41) is 2.97. The summed E-state index contributed by atoms with van der Waals surface area (Å²) >= 11 is 1.16. The van der Waals surface area contributed by atoms with Gasteiger partial charge in [0.05, 0.1) is 16.5 Å². The number of thiazole rings is 1. The van der Waals surface area contributed by atoms with Crippen LogP contribution < -0.4 is 5.32 Å². The molecule has 1 aliphatic rings. The molecule has 0 spiro atoms. The Kier molecular flexibility index (Phi) is 3.87. The van der Waals surface area contributed by atoms with Crippen LogP contribution in [-0.2, 0) is 14.8 Å². The molecule has 3 rings (SSSR count). The molecule has 22 heavy (non-hydrogen) atoms. The summed E-state index contributed by atoms with van der Waals surface area (Å²) in [6.45, 7) is 0.349. The minimum atomic E-state index is -3.41. The number of nitrogens with zero attached hydrogens (tertiary/aromatic N) is 2. The van der Waals surface area contributed by atoms with E-state index in [1.165, 1.54) is 22.5 Å². The smallest absolute Gasteiger partial charge is 0.244 e. The maximum Gasteiger partial charge on any atom is 0.244 e. The molecule has 1 fully saturated rings. The van der Waals surface area contributed by atoms with E-state index in [4.69, 9.17) is 0 Å². The Balaban J connectivity index is 1.80. The van der Waals surface area contributed by atoms with Crippen LogP contribution in [0.15, 0.2) is 18.2 Å². The van der Waals surface area contributed by atoms with Gasteiger partial charge in [0.25, 0.3) is 0 Å². The molecule has 2 heterocycles. The summed E-state index contributed by atoms with van der Waals surface area (Å²) < 4.78 is 38.3. The molecule has 1 N–H and O–H groups in total. The van der Waals surface area contributed by atoms with Gasteiger partial charge in [0, 0.05) is 6.54 Å². The first-order chi connectivity index (χ1) is 10.3. The number of rotatable bonds is 3. The number of aromatic nitrogens is 1. The third kappa shape index (κ3) is 2.96. The van der Waals surface area contributed by atoms with Gasteiger partial charge < -0.3 is 5.32 Å². The molecule has 118 valence electrons. The molecule has 1 aromatic heterocycles. The molecule has 1 saturated heterocycles. The number of sulfonamides is 1. The molecule has 9 heteroatoms. The Morgan fingerprint density at radius 1 is 1.50 bits per heavy atom. The number of hydrogen-bond acceptors (Lipinski definition) is 5. The molecule has 1 aromatic carbocycles. The lowest BCUT2D eigenvalue weighted by Gasteiger charge is -2.20. The number of halogens is 1. The van der Waals surface area contributed by atoms with Crippen molar-refractivity contribution in [2.45, 2.75) is 18.9 Å². The van der Waals surface area contributed by atoms with Crippen LogP contribution in [0.2, 0.25) is 0 Å². The zero-order valence-corrected chi connectivity index (χ0v) is 13.4. The van der Waals surface area contributed by atoms with Crippen LogP contribution in [0, 0.1) is 5.82 Å². The Bertz CT molecular complexity index is 834. The van der Waals surface area contributed by atoms with Gasteiger partial charge in [-0.15, -0.1) is 0 Å². The summed E-state index contributed by atoms with van der Waals surface area (Å²) in [4.78, 5) is 16.5. The van der Waals surface area contributed by atoms with Crippen LogP contribution in [0.3, 0.4) is 0 Å². The highest BCUT2D eigenvalue weighted by Gasteiger charge is 2.36. The van der Waals surface area contributed by atoms with Gasteiger partial charge in [0.2, 0.25) is 15.9 Å². The second-order valence-corrected chi connectivity index (χ2v) is 8.12. The van der Waals surface area contributed by atoms with Crippen molar-refractivity contribution in [2.24, 2.45) is 0 Å². The molecule has 1 atom stereocenters. The van der Waals surface area contributed by atoms with Crippen LogP contribution in [0.4, 0.5) is 9.52 Å². The van der Waals surface area contributed by atoms with Crippen molar-refractivity contribution < 1.29 is 17.6 Å². The zero-order chi connectivity index (χ0) is 15.9. The van der Waals surface area contributed by atoms with Crippen LogP contribution in [-0.4, -0.2) is 42.5 Å². The molecular formula is C13H14FN3O3S2. The second-order valence-electron chi connectivity index (χ2n) is 5.15. The largest absolute Gasteiger partial charge is 0.301 e. The number of benzene rings is 1. The predicted molar refractivity (Wildman–Crippen MR) is 82.8 cm³/mol. The maximum atomic E-state index is 13.2. The van der Waals surface area contributed by atoms with Crippen molar-refractivity contribution in [3.8, 4) is 0 Å². The highest BCUT2D eigenvalue weighted by Crippen LogP contribution is 2.28. The van der Waals surface area contributed by atoms with E-state index in [1.54, 1.807) is 0 Å². The summed E-state index contributed by atoms with van der Waals surface area (Å²) in [5.41, 5.74) is 0.591. The van der Waals surface area contributed by atoms with E-state index in [0.29, 0.717) is 34.7 Å². The monoisotopic (exact) mass is 343 g/mol. The number of fused-ring (bicyclic) bond motifs is 1. The summed E-state index contributed by atoms with van der Waals surface area (Å²) in [6.07, 6.45) is 2.23. The number of amides is 1. The van der Waals surface area contributed by atoms with Crippen molar-refractivity contribution in [1.82, 2.24) is 9.29 Å². The third-order valence-corrected chi connectivity index (χ3v) is 5.74. The molecule has 6 nitrogen and oxygen atoms in total. The first kappa shape index (κ1) is 15.3. The number of nitrogens with one attached hydrogen (secondary N) is 1. The van der Waals surface area contributed by atoms with Crippen molar-refractivity contribution in [2.75, 3.05) is 18.1 Å². The van der Waals surface area contributed by atoms with Gasteiger partial charge >= 0.3 is 0 Å². The minimum Gasteiger partial charge on any atom is -0.301 e. The van der Waals surface area contributed by atoms with Crippen molar-refractivity contribution in [1.29, 1.82) is 0 Å². The van der Waals surface area contributed by atoms with Crippen LogP contribution in [0.25, 0.3) is 10.2 Å². The highest BCUT2D eigenvalue weighted by atomic mass is 32.2. The first-order valence-corrected chi connectivity index (χ1v) is 9.35. The van der Waals surface area contributed by atoms with Gasteiger partial charge in [-0.05, 0) is 31.0 Å². The number of anilines is 1. The van der Waals surface area contributed by atoms with E-state index in [-0.39, 0.29) is 5.82 Å². The minimum absolute atomic E-state index is 0.339. The Labute approximate surface area is 131 Å². The lowest BCUT2D eigenvalue weighted by molar-refractivity contribution is -0.119. The first-order valence-electron chi connectivity index (χ1n) is 6.68. The fourth-order valence-electron chi connectivity index (χ4n) is 2.54. The summed E-state index contributed by atoms with van der Waals surface area (Å²) in [6, 6.07) is 3.48. The van der Waals surface area contributed by atoms with E-state index in [9.17, 15) is 17.6 Å². The molecule has 0 saturated carbocycles. The van der Waals surface area contributed by atoms with E-state index < -0.39 is 22.0 Å². The summed E-state index contributed by atoms with van der Waals surface area (Å²) in [5.74, 6) is -0.768. The van der Waals surface area contributed by atoms with Gasteiger partial charge in [-0.1, -0.05) is 11.3 Å². The fraction of sp³-hybridized carbons (Fsp3) is 0.385. The molecule has 0 aliphatic carbocycles. The van der Waals surface area contributed by atoms with Crippen LogP contribution >= 0.6 is 11.3 Å². The standard InChI is InChI=1S/C13H14FN3O3S2/c1-22(19,20)17-6-2-3-10(17)12(18)16-13-15-9-5-4-8(14)7-11(9)21-13/h4-5,7,10H,2-3,6H2,1H3,(H,15,16,18). The Hall–Kier alpha value is -1.58. The van der Waals surface area contributed by atoms with Gasteiger partial charge in [-0.2, -0.15) is 4.31 Å². The number of hydrogen-bond donors (Lipinski definition) is 1. The normalized spacial score (nSPS) is 19.6. The van der Waals surface area contributed by atoms with Gasteiger partial charge in [0.15, 0.2) is 5.13 Å². The average Bonchev–Trinajstić information content (AvgIpc) is 3.02. The molecule has 1 unspecified atom stereocenters. The SMILES string of the molecule is CS(=O)(=O)N1CCCC1C(=O)Nc1nc2ccc(F)cc2s1. The average molecular weight is 343 g/mol. The molecule has 1 aliphatic heterocycles. The maximum absolute atomic E-state index is 13.2. The number of carbonyl (C=O) groups is 1. The van der Waals surface area contributed by atoms with Crippen LogP contribution in [0.5, 0.6) is 0 Å². The van der Waals surface area contributed by atoms with E-state index in [0.717, 1.165) is 17.6 Å². The third-order valence-electron chi connectivity index (χ3n) is 3.51. The lowest BCUT2D eigenvalue weighted by atomic mass is 10.2. The van der Waals surface area contributed by atoms with E-state index >= 15 is 0 Å². The zero-order valence-electron chi connectivity index (χ0n) is 11.7. The number of carbonyl (C=O) groups excluding carboxylic acids is 1. The van der Waals surface area contributed by atoms with Crippen molar-refractivity contribution >= 4 is 42.6 Å². The molecule has 0 bridgehead atoms.